The molecule has 2 aromatic carbocycles. The minimum atomic E-state index is -4.28. The number of para-hydroxylation sites is 1. The van der Waals surface area contributed by atoms with Gasteiger partial charge in [-0.15, -0.1) is 0 Å². The number of rotatable bonds is 5. The van der Waals surface area contributed by atoms with Crippen molar-refractivity contribution < 1.29 is 17.5 Å². The lowest BCUT2D eigenvalue weighted by Crippen LogP contribution is -2.26. The first-order valence-electron chi connectivity index (χ1n) is 6.49. The van der Waals surface area contributed by atoms with Crippen LogP contribution in [0.2, 0.25) is 0 Å². The van der Waals surface area contributed by atoms with Crippen molar-refractivity contribution in [2.24, 2.45) is 0 Å². The molecule has 0 atom stereocenters. The first kappa shape index (κ1) is 16.1. The normalized spacial score (nSPS) is 12.1. The van der Waals surface area contributed by atoms with Crippen molar-refractivity contribution in [2.75, 3.05) is 0 Å². The SMILES string of the molecule is CC(C)(OS(=O)(=O)c1ccccc1[N+](=O)[O-])c1ccccc1. The molecule has 0 unspecified atom stereocenters. The maximum absolute atomic E-state index is 12.4. The number of nitro benzene ring substituents is 1. The molecular formula is C15H15NO5S. The van der Waals surface area contributed by atoms with Gasteiger partial charge in [0.25, 0.3) is 5.69 Å². The van der Waals surface area contributed by atoms with Gasteiger partial charge in [-0.3, -0.25) is 14.3 Å². The van der Waals surface area contributed by atoms with E-state index in [2.05, 4.69) is 0 Å². The molecule has 0 radical (unpaired) electrons. The molecule has 0 aliphatic carbocycles. The molecular weight excluding hydrogens is 306 g/mol. The molecule has 0 aliphatic heterocycles. The second-order valence-electron chi connectivity index (χ2n) is 5.14. The van der Waals surface area contributed by atoms with Gasteiger partial charge >= 0.3 is 10.1 Å². The zero-order valence-electron chi connectivity index (χ0n) is 12.1. The maximum atomic E-state index is 12.4. The highest BCUT2D eigenvalue weighted by atomic mass is 32.2. The minimum Gasteiger partial charge on any atom is -0.258 e. The van der Waals surface area contributed by atoms with Crippen LogP contribution < -0.4 is 0 Å². The Morgan fingerprint density at radius 1 is 1.00 bits per heavy atom. The fourth-order valence-corrected chi connectivity index (χ4v) is 3.40. The van der Waals surface area contributed by atoms with Crippen molar-refractivity contribution in [1.29, 1.82) is 0 Å². The molecule has 7 heteroatoms. The second-order valence-corrected chi connectivity index (χ2v) is 6.65. The van der Waals surface area contributed by atoms with Crippen LogP contribution in [0.1, 0.15) is 19.4 Å². The summed E-state index contributed by atoms with van der Waals surface area (Å²) in [5.41, 5.74) is -1.01. The predicted molar refractivity (Wildman–Crippen MR) is 80.8 cm³/mol. The van der Waals surface area contributed by atoms with Crippen LogP contribution in [-0.4, -0.2) is 13.3 Å². The molecule has 6 nitrogen and oxygen atoms in total. The molecule has 0 amide bonds. The molecule has 0 spiro atoms. The third kappa shape index (κ3) is 3.32. The van der Waals surface area contributed by atoms with Crippen LogP contribution in [0.25, 0.3) is 0 Å². The van der Waals surface area contributed by atoms with E-state index in [9.17, 15) is 18.5 Å². The standard InChI is InChI=1S/C15H15NO5S/c1-15(2,12-8-4-3-5-9-12)21-22(19,20)14-11-7-6-10-13(14)16(17)18/h3-11H,1-2H3. The molecule has 0 aromatic heterocycles. The molecule has 116 valence electrons. The van der Waals surface area contributed by atoms with Gasteiger partial charge in [0.2, 0.25) is 0 Å². The maximum Gasteiger partial charge on any atom is 0.304 e. The van der Waals surface area contributed by atoms with E-state index in [1.807, 2.05) is 0 Å². The average molecular weight is 321 g/mol. The number of hydrogen-bond donors (Lipinski definition) is 0. The topological polar surface area (TPSA) is 86.5 Å². The van der Waals surface area contributed by atoms with Crippen molar-refractivity contribution in [3.63, 3.8) is 0 Å². The van der Waals surface area contributed by atoms with Crippen LogP contribution in [0.5, 0.6) is 0 Å². The third-order valence-corrected chi connectivity index (χ3v) is 4.64. The van der Waals surface area contributed by atoms with Crippen LogP contribution >= 0.6 is 0 Å². The summed E-state index contributed by atoms with van der Waals surface area (Å²) in [4.78, 5) is 9.79. The van der Waals surface area contributed by atoms with E-state index in [0.29, 0.717) is 5.56 Å². The van der Waals surface area contributed by atoms with Gasteiger partial charge in [-0.2, -0.15) is 8.42 Å². The highest BCUT2D eigenvalue weighted by molar-refractivity contribution is 7.87. The van der Waals surface area contributed by atoms with E-state index in [0.717, 1.165) is 12.1 Å². The van der Waals surface area contributed by atoms with E-state index in [1.165, 1.54) is 12.1 Å². The Kier molecular flexibility index (Phi) is 4.30. The molecule has 0 saturated heterocycles. The first-order valence-corrected chi connectivity index (χ1v) is 7.89. The second kappa shape index (κ2) is 5.86. The van der Waals surface area contributed by atoms with Crippen molar-refractivity contribution in [3.8, 4) is 0 Å². The molecule has 22 heavy (non-hydrogen) atoms. The highest BCUT2D eigenvalue weighted by Crippen LogP contribution is 2.32. The fraction of sp³-hybridized carbons (Fsp3) is 0.200. The Bertz CT molecular complexity index is 785. The lowest BCUT2D eigenvalue weighted by atomic mass is 9.99. The molecule has 0 N–H and O–H groups in total. The van der Waals surface area contributed by atoms with Crippen LogP contribution in [0, 0.1) is 10.1 Å². The summed E-state index contributed by atoms with van der Waals surface area (Å²) >= 11 is 0. The van der Waals surface area contributed by atoms with Crippen LogP contribution in [0.3, 0.4) is 0 Å². The zero-order valence-corrected chi connectivity index (χ0v) is 12.9. The monoisotopic (exact) mass is 321 g/mol. The number of hydrogen-bond acceptors (Lipinski definition) is 5. The summed E-state index contributed by atoms with van der Waals surface area (Å²) in [7, 11) is -4.28. The molecule has 0 heterocycles. The summed E-state index contributed by atoms with van der Waals surface area (Å²) in [5, 5.41) is 11.0. The van der Waals surface area contributed by atoms with Crippen molar-refractivity contribution in [1.82, 2.24) is 0 Å². The summed E-state index contributed by atoms with van der Waals surface area (Å²) in [6, 6.07) is 13.9. The molecule has 0 saturated carbocycles. The fourth-order valence-electron chi connectivity index (χ4n) is 2.03. The minimum absolute atomic E-state index is 0.455. The predicted octanol–water partition coefficient (Wildman–Crippen LogP) is 3.24. The van der Waals surface area contributed by atoms with Crippen LogP contribution in [-0.2, 0) is 19.9 Å². The van der Waals surface area contributed by atoms with E-state index in [1.54, 1.807) is 44.2 Å². The van der Waals surface area contributed by atoms with E-state index in [-0.39, 0.29) is 0 Å². The van der Waals surface area contributed by atoms with Crippen molar-refractivity contribution in [2.45, 2.75) is 24.3 Å². The average Bonchev–Trinajstić information content (AvgIpc) is 2.47. The van der Waals surface area contributed by atoms with Crippen molar-refractivity contribution in [3.05, 3.63) is 70.3 Å². The van der Waals surface area contributed by atoms with Gasteiger partial charge in [-0.1, -0.05) is 42.5 Å². The third-order valence-electron chi connectivity index (χ3n) is 3.12. The van der Waals surface area contributed by atoms with Gasteiger partial charge in [0.15, 0.2) is 4.90 Å². The van der Waals surface area contributed by atoms with Gasteiger partial charge in [0, 0.05) is 6.07 Å². The largest absolute Gasteiger partial charge is 0.304 e. The number of benzene rings is 2. The van der Waals surface area contributed by atoms with E-state index >= 15 is 0 Å². The first-order chi connectivity index (χ1) is 10.2. The van der Waals surface area contributed by atoms with Crippen molar-refractivity contribution >= 4 is 15.8 Å². The smallest absolute Gasteiger partial charge is 0.258 e. The quantitative estimate of drug-likeness (QED) is 0.479. The Labute approximate surface area is 128 Å². The summed E-state index contributed by atoms with van der Waals surface area (Å²) in [6.45, 7) is 3.18. The van der Waals surface area contributed by atoms with Gasteiger partial charge in [-0.05, 0) is 25.5 Å². The molecule has 0 bridgehead atoms. The Balaban J connectivity index is 2.43. The van der Waals surface area contributed by atoms with E-state index in [4.69, 9.17) is 4.18 Å². The lowest BCUT2D eigenvalue weighted by Gasteiger charge is -2.24. The summed E-state index contributed by atoms with van der Waals surface area (Å²) in [5.74, 6) is 0. The number of nitrogens with zero attached hydrogens (tertiary/aromatic N) is 1. The highest BCUT2D eigenvalue weighted by Gasteiger charge is 2.33. The Morgan fingerprint density at radius 2 is 1.55 bits per heavy atom. The molecule has 2 rings (SSSR count). The molecule has 2 aromatic rings. The summed E-state index contributed by atoms with van der Waals surface area (Å²) in [6.07, 6.45) is 0. The van der Waals surface area contributed by atoms with Gasteiger partial charge in [-0.25, -0.2) is 0 Å². The summed E-state index contributed by atoms with van der Waals surface area (Å²) < 4.78 is 30.1. The molecule has 0 fully saturated rings. The van der Waals surface area contributed by atoms with Gasteiger partial charge in [0.05, 0.1) is 4.92 Å². The Morgan fingerprint density at radius 3 is 2.14 bits per heavy atom. The lowest BCUT2D eigenvalue weighted by molar-refractivity contribution is -0.387. The molecule has 0 aliphatic rings. The van der Waals surface area contributed by atoms with Crippen LogP contribution in [0.15, 0.2) is 59.5 Å². The van der Waals surface area contributed by atoms with Gasteiger partial charge < -0.3 is 0 Å². The Hall–Kier alpha value is -2.25. The van der Waals surface area contributed by atoms with Crippen LogP contribution in [0.4, 0.5) is 5.69 Å². The van der Waals surface area contributed by atoms with E-state index < -0.39 is 31.2 Å². The van der Waals surface area contributed by atoms with Gasteiger partial charge in [0.1, 0.15) is 5.60 Å². The zero-order chi connectivity index (χ0) is 16.4. The number of nitro groups is 1.